The Morgan fingerprint density at radius 3 is 2.96 bits per heavy atom. The van der Waals surface area contributed by atoms with Gasteiger partial charge in [-0.05, 0) is 37.6 Å². The average molecular weight is 369 g/mol. The predicted molar refractivity (Wildman–Crippen MR) is 103 cm³/mol. The Balaban J connectivity index is 1.32. The molecule has 0 spiro atoms. The summed E-state index contributed by atoms with van der Waals surface area (Å²) < 4.78 is 7.31. The van der Waals surface area contributed by atoms with Crippen molar-refractivity contribution in [3.8, 4) is 10.8 Å². The summed E-state index contributed by atoms with van der Waals surface area (Å²) in [6, 6.07) is 13.2. The second-order valence-corrected chi connectivity index (χ2v) is 8.56. The van der Waals surface area contributed by atoms with E-state index >= 15 is 0 Å². The van der Waals surface area contributed by atoms with Gasteiger partial charge in [-0.2, -0.15) is 0 Å². The molecule has 5 nitrogen and oxygen atoms in total. The molecule has 2 aliphatic heterocycles. The fourth-order valence-electron chi connectivity index (χ4n) is 4.25. The Bertz CT molecular complexity index is 888. The number of aromatic nitrogens is 1. The SMILES string of the molecule is C[C@@H]1CN2C[C@H](O)CC2CN1Cc1ccc(-c2nc3ccccc3s2)o1. The summed E-state index contributed by atoms with van der Waals surface area (Å²) in [4.78, 5) is 9.59. The quantitative estimate of drug-likeness (QED) is 0.768. The van der Waals surface area contributed by atoms with Crippen LogP contribution in [0.3, 0.4) is 0 Å². The summed E-state index contributed by atoms with van der Waals surface area (Å²) in [7, 11) is 0. The van der Waals surface area contributed by atoms with Crippen LogP contribution in [0.4, 0.5) is 0 Å². The molecule has 0 saturated carbocycles. The number of benzene rings is 1. The van der Waals surface area contributed by atoms with E-state index in [9.17, 15) is 5.11 Å². The molecule has 2 saturated heterocycles. The van der Waals surface area contributed by atoms with Crippen molar-refractivity contribution >= 4 is 21.6 Å². The molecule has 136 valence electrons. The number of thiazole rings is 1. The second kappa shape index (κ2) is 6.46. The van der Waals surface area contributed by atoms with Crippen LogP contribution in [0.2, 0.25) is 0 Å². The maximum atomic E-state index is 9.93. The minimum absolute atomic E-state index is 0.165. The van der Waals surface area contributed by atoms with Crippen molar-refractivity contribution in [1.29, 1.82) is 0 Å². The van der Waals surface area contributed by atoms with Crippen molar-refractivity contribution in [2.24, 2.45) is 0 Å². The third-order valence-corrected chi connectivity index (χ3v) is 6.65. The van der Waals surface area contributed by atoms with E-state index in [0.29, 0.717) is 12.1 Å². The highest BCUT2D eigenvalue weighted by atomic mass is 32.1. The molecule has 3 atom stereocenters. The Morgan fingerprint density at radius 1 is 1.19 bits per heavy atom. The second-order valence-electron chi connectivity index (χ2n) is 7.53. The van der Waals surface area contributed by atoms with Gasteiger partial charge in [-0.1, -0.05) is 12.1 Å². The van der Waals surface area contributed by atoms with Gasteiger partial charge in [0.25, 0.3) is 0 Å². The molecule has 3 aromatic rings. The van der Waals surface area contributed by atoms with Crippen molar-refractivity contribution in [2.75, 3.05) is 19.6 Å². The largest absolute Gasteiger partial charge is 0.457 e. The van der Waals surface area contributed by atoms with Gasteiger partial charge in [0.15, 0.2) is 10.8 Å². The zero-order valence-electron chi connectivity index (χ0n) is 14.8. The van der Waals surface area contributed by atoms with Crippen molar-refractivity contribution in [1.82, 2.24) is 14.8 Å². The van der Waals surface area contributed by atoms with Gasteiger partial charge >= 0.3 is 0 Å². The predicted octanol–water partition coefficient (Wildman–Crippen LogP) is 3.20. The van der Waals surface area contributed by atoms with Crippen molar-refractivity contribution in [2.45, 2.75) is 38.1 Å². The van der Waals surface area contributed by atoms with E-state index in [2.05, 4.69) is 33.8 Å². The van der Waals surface area contributed by atoms with Crippen LogP contribution in [0, 0.1) is 0 Å². The Morgan fingerprint density at radius 2 is 2.08 bits per heavy atom. The lowest BCUT2D eigenvalue weighted by atomic mass is 10.1. The van der Waals surface area contributed by atoms with E-state index in [-0.39, 0.29) is 6.10 Å². The van der Waals surface area contributed by atoms with Crippen LogP contribution < -0.4 is 0 Å². The first kappa shape index (κ1) is 16.4. The third-order valence-electron chi connectivity index (χ3n) is 5.60. The number of fused-ring (bicyclic) bond motifs is 2. The van der Waals surface area contributed by atoms with Gasteiger partial charge < -0.3 is 9.52 Å². The number of hydrogen-bond donors (Lipinski definition) is 1. The zero-order chi connectivity index (χ0) is 17.7. The number of aliphatic hydroxyl groups is 1. The van der Waals surface area contributed by atoms with Gasteiger partial charge in [-0.25, -0.2) is 4.98 Å². The highest BCUT2D eigenvalue weighted by molar-refractivity contribution is 7.21. The average Bonchev–Trinajstić information content (AvgIpc) is 3.32. The molecule has 5 rings (SSSR count). The van der Waals surface area contributed by atoms with Crippen LogP contribution in [-0.2, 0) is 6.54 Å². The number of rotatable bonds is 3. The molecule has 1 unspecified atom stereocenters. The molecule has 26 heavy (non-hydrogen) atoms. The van der Waals surface area contributed by atoms with Crippen molar-refractivity contribution in [3.05, 3.63) is 42.2 Å². The highest BCUT2D eigenvalue weighted by Crippen LogP contribution is 2.32. The summed E-state index contributed by atoms with van der Waals surface area (Å²) in [5, 5.41) is 10.9. The molecule has 2 fully saturated rings. The number of aliphatic hydroxyl groups excluding tert-OH is 1. The van der Waals surface area contributed by atoms with Gasteiger partial charge in [-0.3, -0.25) is 9.80 Å². The molecular weight excluding hydrogens is 346 g/mol. The summed E-state index contributed by atoms with van der Waals surface area (Å²) in [6.07, 6.45) is 0.722. The summed E-state index contributed by atoms with van der Waals surface area (Å²) in [5.74, 6) is 1.84. The van der Waals surface area contributed by atoms with E-state index < -0.39 is 0 Å². The fraction of sp³-hybridized carbons (Fsp3) is 0.450. The molecule has 0 bridgehead atoms. The minimum Gasteiger partial charge on any atom is -0.457 e. The molecule has 2 aromatic heterocycles. The monoisotopic (exact) mass is 369 g/mol. The number of piperazine rings is 1. The number of para-hydroxylation sites is 1. The third kappa shape index (κ3) is 2.97. The Labute approximate surface area is 156 Å². The van der Waals surface area contributed by atoms with Gasteiger partial charge in [0, 0.05) is 31.7 Å². The Kier molecular flexibility index (Phi) is 4.09. The van der Waals surface area contributed by atoms with Crippen molar-refractivity contribution in [3.63, 3.8) is 0 Å². The number of nitrogens with zero attached hydrogens (tertiary/aromatic N) is 3. The molecule has 0 radical (unpaired) electrons. The smallest absolute Gasteiger partial charge is 0.163 e. The Hall–Kier alpha value is -1.73. The molecule has 6 heteroatoms. The van der Waals surface area contributed by atoms with Crippen LogP contribution in [0.1, 0.15) is 19.1 Å². The van der Waals surface area contributed by atoms with Gasteiger partial charge in [0.2, 0.25) is 0 Å². The van der Waals surface area contributed by atoms with Crippen LogP contribution in [0.5, 0.6) is 0 Å². The highest BCUT2D eigenvalue weighted by Gasteiger charge is 2.38. The summed E-state index contributed by atoms with van der Waals surface area (Å²) in [5.41, 5.74) is 1.02. The van der Waals surface area contributed by atoms with E-state index in [1.807, 2.05) is 24.3 Å². The van der Waals surface area contributed by atoms with Crippen LogP contribution >= 0.6 is 11.3 Å². The normalized spacial score (nSPS) is 27.2. The first-order chi connectivity index (χ1) is 12.7. The first-order valence-corrected chi connectivity index (χ1v) is 10.1. The lowest BCUT2D eigenvalue weighted by molar-refractivity contribution is 0.0485. The van der Waals surface area contributed by atoms with E-state index in [0.717, 1.165) is 54.6 Å². The standard InChI is InChI=1S/C20H23N3O2S/c1-13-9-23-11-15(24)8-14(23)10-22(13)12-16-6-7-18(25-16)20-21-17-4-2-3-5-19(17)26-20/h2-7,13-15,24H,8-12H2,1H3/t13-,14?,15-/m1/s1. The van der Waals surface area contributed by atoms with Gasteiger partial charge in [0.1, 0.15) is 5.76 Å². The maximum Gasteiger partial charge on any atom is 0.163 e. The lowest BCUT2D eigenvalue weighted by Gasteiger charge is -2.41. The van der Waals surface area contributed by atoms with Crippen LogP contribution in [0.25, 0.3) is 21.0 Å². The van der Waals surface area contributed by atoms with Gasteiger partial charge in [-0.15, -0.1) is 11.3 Å². The number of hydrogen-bond acceptors (Lipinski definition) is 6. The topological polar surface area (TPSA) is 52.7 Å². The van der Waals surface area contributed by atoms with Crippen LogP contribution in [0.15, 0.2) is 40.8 Å². The molecule has 0 amide bonds. The van der Waals surface area contributed by atoms with Gasteiger partial charge in [0.05, 0.1) is 22.9 Å². The minimum atomic E-state index is -0.165. The lowest BCUT2D eigenvalue weighted by Crippen LogP contribution is -2.54. The van der Waals surface area contributed by atoms with Crippen LogP contribution in [-0.4, -0.2) is 57.7 Å². The zero-order valence-corrected chi connectivity index (χ0v) is 15.7. The molecule has 0 aliphatic carbocycles. The molecule has 1 N–H and O–H groups in total. The fourth-order valence-corrected chi connectivity index (χ4v) is 5.18. The molecule has 1 aromatic carbocycles. The van der Waals surface area contributed by atoms with E-state index in [1.54, 1.807) is 11.3 Å². The molecular formula is C20H23N3O2S. The summed E-state index contributed by atoms with van der Waals surface area (Å²) >= 11 is 1.67. The van der Waals surface area contributed by atoms with E-state index in [4.69, 9.17) is 4.42 Å². The molecule has 4 heterocycles. The maximum absolute atomic E-state index is 9.93. The van der Waals surface area contributed by atoms with E-state index in [1.165, 1.54) is 4.70 Å². The summed E-state index contributed by atoms with van der Waals surface area (Å²) in [6.45, 7) is 5.92. The molecule has 2 aliphatic rings. The number of furan rings is 1. The van der Waals surface area contributed by atoms with Crippen molar-refractivity contribution < 1.29 is 9.52 Å². The first-order valence-electron chi connectivity index (χ1n) is 9.26.